The van der Waals surface area contributed by atoms with Gasteiger partial charge in [-0.2, -0.15) is 4.80 Å². The molecule has 0 radical (unpaired) electrons. The summed E-state index contributed by atoms with van der Waals surface area (Å²) < 4.78 is 0.864. The summed E-state index contributed by atoms with van der Waals surface area (Å²) in [6, 6.07) is 12.9. The number of anilines is 1. The maximum atomic E-state index is 12.1. The van der Waals surface area contributed by atoms with E-state index in [9.17, 15) is 4.79 Å². The van der Waals surface area contributed by atoms with Gasteiger partial charge in [0.25, 0.3) is 0 Å². The van der Waals surface area contributed by atoms with Crippen LogP contribution in [0.5, 0.6) is 0 Å². The molecule has 0 atom stereocenters. The molecule has 1 amide bonds. The molecule has 1 heterocycles. The molecule has 0 fully saturated rings. The van der Waals surface area contributed by atoms with Crippen LogP contribution in [0.4, 0.5) is 5.69 Å². The van der Waals surface area contributed by atoms with E-state index in [0.717, 1.165) is 15.6 Å². The van der Waals surface area contributed by atoms with Gasteiger partial charge in [0, 0.05) is 20.7 Å². The number of carbonyl (C=O) groups is 1. The smallest absolute Gasteiger partial charge is 0.248 e. The minimum atomic E-state index is -0.258. The van der Waals surface area contributed by atoms with Gasteiger partial charge in [-0.15, -0.1) is 10.2 Å². The summed E-state index contributed by atoms with van der Waals surface area (Å²) in [5, 5.41) is 15.5. The third-order valence-electron chi connectivity index (χ3n) is 3.31. The van der Waals surface area contributed by atoms with Crippen LogP contribution in [-0.4, -0.2) is 26.1 Å². The van der Waals surface area contributed by atoms with Crippen LogP contribution in [0.15, 0.2) is 46.9 Å². The van der Waals surface area contributed by atoms with Crippen molar-refractivity contribution in [1.82, 2.24) is 20.2 Å². The minimum Gasteiger partial charge on any atom is -0.324 e. The highest BCUT2D eigenvalue weighted by Gasteiger charge is 2.11. The summed E-state index contributed by atoms with van der Waals surface area (Å²) in [6.07, 6.45) is 0. The maximum Gasteiger partial charge on any atom is 0.248 e. The Morgan fingerprint density at radius 3 is 2.83 bits per heavy atom. The molecule has 1 N–H and O–H groups in total. The Hall–Kier alpha value is -2.25. The van der Waals surface area contributed by atoms with E-state index >= 15 is 0 Å². The Morgan fingerprint density at radius 1 is 1.29 bits per heavy atom. The number of hydrogen-bond acceptors (Lipinski definition) is 4. The van der Waals surface area contributed by atoms with Crippen molar-refractivity contribution in [1.29, 1.82) is 0 Å². The van der Waals surface area contributed by atoms with Crippen LogP contribution in [0, 0.1) is 6.92 Å². The second-order valence-electron chi connectivity index (χ2n) is 5.14. The molecule has 0 saturated carbocycles. The SMILES string of the molecule is Cc1ccc(NC(=O)Cn2nnc(-c3ccccc3Br)n2)cc1Cl. The summed E-state index contributed by atoms with van der Waals surface area (Å²) in [6.45, 7) is 1.86. The molecule has 2 aromatic carbocycles. The van der Waals surface area contributed by atoms with Crippen LogP contribution in [0.25, 0.3) is 11.4 Å². The number of amides is 1. The average Bonchev–Trinajstić information content (AvgIpc) is 2.99. The number of nitrogens with one attached hydrogen (secondary N) is 1. The van der Waals surface area contributed by atoms with E-state index in [4.69, 9.17) is 11.6 Å². The zero-order valence-electron chi connectivity index (χ0n) is 12.7. The number of hydrogen-bond donors (Lipinski definition) is 1. The van der Waals surface area contributed by atoms with Gasteiger partial charge in [0.05, 0.1) is 0 Å². The molecule has 3 aromatic rings. The Labute approximate surface area is 152 Å². The molecule has 0 spiro atoms. The Balaban J connectivity index is 1.69. The lowest BCUT2D eigenvalue weighted by Crippen LogP contribution is -2.20. The Morgan fingerprint density at radius 2 is 2.08 bits per heavy atom. The first kappa shape index (κ1) is 16.6. The van der Waals surface area contributed by atoms with Crippen LogP contribution >= 0.6 is 27.5 Å². The van der Waals surface area contributed by atoms with Crippen molar-refractivity contribution in [3.63, 3.8) is 0 Å². The first-order chi connectivity index (χ1) is 11.5. The van der Waals surface area contributed by atoms with Crippen molar-refractivity contribution >= 4 is 39.1 Å². The van der Waals surface area contributed by atoms with Gasteiger partial charge < -0.3 is 5.32 Å². The first-order valence-corrected chi connectivity index (χ1v) is 8.29. The average molecular weight is 407 g/mol. The van der Waals surface area contributed by atoms with Crippen LogP contribution in [0.1, 0.15) is 5.56 Å². The van der Waals surface area contributed by atoms with E-state index in [1.807, 2.05) is 37.3 Å². The summed E-state index contributed by atoms with van der Waals surface area (Å²) in [7, 11) is 0. The Bertz CT molecular complexity index is 896. The van der Waals surface area contributed by atoms with Crippen LogP contribution in [0.2, 0.25) is 5.02 Å². The standard InChI is InChI=1S/C16H13BrClN5O/c1-10-6-7-11(8-14(10)18)19-15(24)9-23-21-16(20-22-23)12-4-2-3-5-13(12)17/h2-8H,9H2,1H3,(H,19,24). The van der Waals surface area contributed by atoms with Gasteiger partial charge >= 0.3 is 0 Å². The van der Waals surface area contributed by atoms with Gasteiger partial charge in [0.15, 0.2) is 0 Å². The van der Waals surface area contributed by atoms with Gasteiger partial charge in [-0.1, -0.05) is 45.7 Å². The van der Waals surface area contributed by atoms with Crippen LogP contribution in [0.3, 0.4) is 0 Å². The van der Waals surface area contributed by atoms with Gasteiger partial charge in [0.1, 0.15) is 6.54 Å². The largest absolute Gasteiger partial charge is 0.324 e. The van der Waals surface area contributed by atoms with Crippen molar-refractivity contribution in [3.05, 3.63) is 57.5 Å². The number of benzene rings is 2. The number of tetrazole rings is 1. The van der Waals surface area contributed by atoms with Crippen molar-refractivity contribution in [2.75, 3.05) is 5.32 Å². The van der Waals surface area contributed by atoms with E-state index in [2.05, 4.69) is 36.7 Å². The van der Waals surface area contributed by atoms with Crippen molar-refractivity contribution in [2.45, 2.75) is 13.5 Å². The molecule has 0 aliphatic carbocycles. The highest BCUT2D eigenvalue weighted by Crippen LogP contribution is 2.24. The van der Waals surface area contributed by atoms with E-state index in [1.165, 1.54) is 4.80 Å². The second-order valence-corrected chi connectivity index (χ2v) is 6.40. The lowest BCUT2D eigenvalue weighted by Gasteiger charge is -2.06. The summed E-state index contributed by atoms with van der Waals surface area (Å²) in [5.41, 5.74) is 2.39. The van der Waals surface area contributed by atoms with Crippen LogP contribution in [-0.2, 0) is 11.3 Å². The Kier molecular flexibility index (Phi) is 4.92. The molecule has 0 bridgehead atoms. The number of carbonyl (C=O) groups excluding carboxylic acids is 1. The van der Waals surface area contributed by atoms with Gasteiger partial charge in [-0.25, -0.2) is 0 Å². The fourth-order valence-corrected chi connectivity index (χ4v) is 2.70. The maximum absolute atomic E-state index is 12.1. The molecular weight excluding hydrogens is 394 g/mol. The summed E-state index contributed by atoms with van der Waals surface area (Å²) in [5.74, 6) is 0.194. The predicted octanol–water partition coefficient (Wildman–Crippen LogP) is 3.70. The predicted molar refractivity (Wildman–Crippen MR) is 95.8 cm³/mol. The quantitative estimate of drug-likeness (QED) is 0.717. The highest BCUT2D eigenvalue weighted by atomic mass is 79.9. The van der Waals surface area contributed by atoms with E-state index in [-0.39, 0.29) is 12.5 Å². The summed E-state index contributed by atoms with van der Waals surface area (Å²) >= 11 is 9.49. The monoisotopic (exact) mass is 405 g/mol. The van der Waals surface area contributed by atoms with Gasteiger partial charge in [-0.05, 0) is 42.0 Å². The molecule has 0 aliphatic rings. The normalized spacial score (nSPS) is 10.6. The lowest BCUT2D eigenvalue weighted by molar-refractivity contribution is -0.117. The highest BCUT2D eigenvalue weighted by molar-refractivity contribution is 9.10. The molecule has 6 nitrogen and oxygen atoms in total. The molecule has 0 aliphatic heterocycles. The molecule has 1 aromatic heterocycles. The molecule has 3 rings (SSSR count). The topological polar surface area (TPSA) is 72.7 Å². The van der Waals surface area contributed by atoms with Crippen molar-refractivity contribution < 1.29 is 4.79 Å². The van der Waals surface area contributed by atoms with Gasteiger partial charge in [0.2, 0.25) is 11.7 Å². The zero-order chi connectivity index (χ0) is 17.1. The fraction of sp³-hybridized carbons (Fsp3) is 0.125. The molecule has 24 heavy (non-hydrogen) atoms. The third-order valence-corrected chi connectivity index (χ3v) is 4.41. The van der Waals surface area contributed by atoms with E-state index in [1.54, 1.807) is 12.1 Å². The number of aromatic nitrogens is 4. The molecule has 0 unspecified atom stereocenters. The number of halogens is 2. The molecular formula is C16H13BrClN5O. The van der Waals surface area contributed by atoms with Crippen molar-refractivity contribution in [2.24, 2.45) is 0 Å². The van der Waals surface area contributed by atoms with E-state index in [0.29, 0.717) is 16.5 Å². The molecule has 122 valence electrons. The first-order valence-electron chi connectivity index (χ1n) is 7.11. The van der Waals surface area contributed by atoms with E-state index < -0.39 is 0 Å². The molecule has 8 heteroatoms. The zero-order valence-corrected chi connectivity index (χ0v) is 15.0. The minimum absolute atomic E-state index is 0.0387. The third kappa shape index (κ3) is 3.80. The van der Waals surface area contributed by atoms with Crippen LogP contribution < -0.4 is 5.32 Å². The number of nitrogens with zero attached hydrogens (tertiary/aromatic N) is 4. The fourth-order valence-electron chi connectivity index (χ4n) is 2.06. The lowest BCUT2D eigenvalue weighted by atomic mass is 10.2. The summed E-state index contributed by atoms with van der Waals surface area (Å²) in [4.78, 5) is 13.3. The molecule has 0 saturated heterocycles. The number of rotatable bonds is 4. The number of aryl methyl sites for hydroxylation is 1. The second kappa shape index (κ2) is 7.11. The van der Waals surface area contributed by atoms with Crippen molar-refractivity contribution in [3.8, 4) is 11.4 Å². The van der Waals surface area contributed by atoms with Gasteiger partial charge in [-0.3, -0.25) is 4.79 Å².